The van der Waals surface area contributed by atoms with Gasteiger partial charge < -0.3 is 24.4 Å². The van der Waals surface area contributed by atoms with Crippen LogP contribution in [0.15, 0.2) is 0 Å². The van der Waals surface area contributed by atoms with Crippen molar-refractivity contribution in [2.75, 3.05) is 32.8 Å². The number of nitrogens with one attached hydrogen (secondary N) is 1. The molecule has 0 spiro atoms. The Morgan fingerprint density at radius 3 is 2.60 bits per heavy atom. The van der Waals surface area contributed by atoms with E-state index in [-0.39, 0.29) is 31.0 Å². The Bertz CT molecular complexity index is 461. The highest BCUT2D eigenvalue weighted by molar-refractivity contribution is 5.76. The molecular formula is C17H30N2O6. The number of rotatable bonds is 7. The molecule has 1 heterocycles. The highest BCUT2D eigenvalue weighted by Gasteiger charge is 2.28. The van der Waals surface area contributed by atoms with E-state index in [1.807, 2.05) is 27.7 Å². The Labute approximate surface area is 149 Å². The van der Waals surface area contributed by atoms with Crippen LogP contribution in [0.2, 0.25) is 0 Å². The zero-order valence-electron chi connectivity index (χ0n) is 15.6. The Kier molecular flexibility index (Phi) is 8.68. The van der Waals surface area contributed by atoms with E-state index >= 15 is 0 Å². The van der Waals surface area contributed by atoms with Gasteiger partial charge >= 0.3 is 12.1 Å². The molecule has 8 nitrogen and oxygen atoms in total. The van der Waals surface area contributed by atoms with Crippen LogP contribution in [0.4, 0.5) is 4.79 Å². The number of hydrogen-bond acceptors (Lipinski definition) is 6. The molecule has 1 saturated heterocycles. The number of esters is 1. The molecule has 1 N–H and O–H groups in total. The molecule has 0 aromatic carbocycles. The molecule has 0 aliphatic carbocycles. The van der Waals surface area contributed by atoms with Crippen molar-refractivity contribution in [3.63, 3.8) is 0 Å². The summed E-state index contributed by atoms with van der Waals surface area (Å²) < 4.78 is 16.0. The van der Waals surface area contributed by atoms with Crippen LogP contribution in [0.5, 0.6) is 0 Å². The fourth-order valence-electron chi connectivity index (χ4n) is 2.25. The van der Waals surface area contributed by atoms with Gasteiger partial charge in [-0.3, -0.25) is 9.59 Å². The lowest BCUT2D eigenvalue weighted by Crippen LogP contribution is -2.49. The zero-order chi connectivity index (χ0) is 18.9. The maximum atomic E-state index is 12.1. The summed E-state index contributed by atoms with van der Waals surface area (Å²) in [6.07, 6.45) is 0.164. The van der Waals surface area contributed by atoms with E-state index in [9.17, 15) is 14.4 Å². The van der Waals surface area contributed by atoms with Crippen LogP contribution in [-0.4, -0.2) is 67.4 Å². The smallest absolute Gasteiger partial charge is 0.410 e. The molecule has 0 unspecified atom stereocenters. The molecule has 25 heavy (non-hydrogen) atoms. The maximum Gasteiger partial charge on any atom is 0.410 e. The van der Waals surface area contributed by atoms with E-state index in [1.165, 1.54) is 0 Å². The highest BCUT2D eigenvalue weighted by Crippen LogP contribution is 2.13. The lowest BCUT2D eigenvalue weighted by atomic mass is 10.2. The number of morpholine rings is 1. The van der Waals surface area contributed by atoms with Crippen molar-refractivity contribution in [2.24, 2.45) is 0 Å². The predicted octanol–water partition coefficient (Wildman–Crippen LogP) is 1.47. The SMILES string of the molecule is CCNC(=O)CCCC(=O)OC[C@H]1CN(C(=O)OC(C)(C)C)CCO1. The van der Waals surface area contributed by atoms with Crippen molar-refractivity contribution in [2.45, 2.75) is 58.7 Å². The standard InChI is InChI=1S/C17H30N2O6/c1-5-18-14(20)7-6-8-15(21)24-12-13-11-19(9-10-23-13)16(22)25-17(2,3)4/h13H,5-12H2,1-4H3,(H,18,20)/t13-/m1/s1. The van der Waals surface area contributed by atoms with Crippen molar-refractivity contribution in [1.29, 1.82) is 0 Å². The molecule has 0 aromatic rings. The number of carbonyl (C=O) groups is 3. The van der Waals surface area contributed by atoms with E-state index in [4.69, 9.17) is 14.2 Å². The first-order valence-electron chi connectivity index (χ1n) is 8.73. The number of amides is 2. The molecule has 8 heteroatoms. The van der Waals surface area contributed by atoms with Crippen LogP contribution in [-0.2, 0) is 23.8 Å². The summed E-state index contributed by atoms with van der Waals surface area (Å²) in [5.74, 6) is -0.443. The summed E-state index contributed by atoms with van der Waals surface area (Å²) >= 11 is 0. The summed E-state index contributed by atoms with van der Waals surface area (Å²) in [7, 11) is 0. The topological polar surface area (TPSA) is 94.2 Å². The van der Waals surface area contributed by atoms with Crippen molar-refractivity contribution in [3.8, 4) is 0 Å². The lowest BCUT2D eigenvalue weighted by Gasteiger charge is -2.33. The Hall–Kier alpha value is -1.83. The van der Waals surface area contributed by atoms with E-state index in [2.05, 4.69) is 5.32 Å². The average molecular weight is 358 g/mol. The molecule has 1 fully saturated rings. The molecule has 0 radical (unpaired) electrons. The minimum Gasteiger partial charge on any atom is -0.463 e. The predicted molar refractivity (Wildman–Crippen MR) is 91.0 cm³/mol. The lowest BCUT2D eigenvalue weighted by molar-refractivity contribution is -0.150. The average Bonchev–Trinajstić information content (AvgIpc) is 2.52. The Morgan fingerprint density at radius 1 is 1.24 bits per heavy atom. The number of nitrogens with zero attached hydrogens (tertiary/aromatic N) is 1. The van der Waals surface area contributed by atoms with Crippen LogP contribution in [0.1, 0.15) is 47.0 Å². The third-order valence-corrected chi connectivity index (χ3v) is 3.38. The van der Waals surface area contributed by atoms with Gasteiger partial charge in [0.2, 0.25) is 5.91 Å². The van der Waals surface area contributed by atoms with E-state index in [1.54, 1.807) is 4.90 Å². The van der Waals surface area contributed by atoms with Crippen molar-refractivity contribution in [1.82, 2.24) is 10.2 Å². The van der Waals surface area contributed by atoms with Gasteiger partial charge in [-0.1, -0.05) is 0 Å². The minimum atomic E-state index is -0.554. The second-order valence-corrected chi connectivity index (χ2v) is 6.91. The van der Waals surface area contributed by atoms with Gasteiger partial charge in [0, 0.05) is 25.9 Å². The third-order valence-electron chi connectivity index (χ3n) is 3.38. The second-order valence-electron chi connectivity index (χ2n) is 6.91. The Balaban J connectivity index is 2.26. The van der Waals surface area contributed by atoms with Gasteiger partial charge in [0.1, 0.15) is 18.3 Å². The molecule has 1 aliphatic heterocycles. The highest BCUT2D eigenvalue weighted by atomic mass is 16.6. The summed E-state index contributed by atoms with van der Waals surface area (Å²) in [4.78, 5) is 36.6. The first-order valence-corrected chi connectivity index (χ1v) is 8.73. The number of hydrogen-bond donors (Lipinski definition) is 1. The van der Waals surface area contributed by atoms with Crippen molar-refractivity contribution in [3.05, 3.63) is 0 Å². The molecule has 2 amide bonds. The van der Waals surface area contributed by atoms with Crippen molar-refractivity contribution < 1.29 is 28.6 Å². The van der Waals surface area contributed by atoms with Gasteiger partial charge in [0.05, 0.1) is 13.2 Å². The van der Waals surface area contributed by atoms with Crippen LogP contribution < -0.4 is 5.32 Å². The van der Waals surface area contributed by atoms with Gasteiger partial charge in [-0.05, 0) is 34.1 Å². The molecule has 0 aromatic heterocycles. The van der Waals surface area contributed by atoms with Crippen LogP contribution >= 0.6 is 0 Å². The van der Waals surface area contributed by atoms with E-state index < -0.39 is 11.7 Å². The van der Waals surface area contributed by atoms with Crippen LogP contribution in [0.25, 0.3) is 0 Å². The molecule has 1 atom stereocenters. The monoisotopic (exact) mass is 358 g/mol. The maximum absolute atomic E-state index is 12.1. The molecule has 144 valence electrons. The molecule has 1 rings (SSSR count). The molecule has 0 saturated carbocycles. The van der Waals surface area contributed by atoms with E-state index in [0.717, 1.165) is 0 Å². The summed E-state index contributed by atoms with van der Waals surface area (Å²) in [6.45, 7) is 9.08. The normalized spacial score (nSPS) is 17.8. The number of ether oxygens (including phenoxy) is 3. The first kappa shape index (κ1) is 21.2. The zero-order valence-corrected chi connectivity index (χ0v) is 15.6. The fraction of sp³-hybridized carbons (Fsp3) is 0.824. The molecular weight excluding hydrogens is 328 g/mol. The quantitative estimate of drug-likeness (QED) is 0.693. The largest absolute Gasteiger partial charge is 0.463 e. The van der Waals surface area contributed by atoms with Gasteiger partial charge in [0.15, 0.2) is 0 Å². The molecule has 0 bridgehead atoms. The summed E-state index contributed by atoms with van der Waals surface area (Å²) in [5, 5.41) is 2.67. The number of carbonyl (C=O) groups excluding carboxylic acids is 3. The minimum absolute atomic E-state index is 0.0704. The first-order chi connectivity index (χ1) is 11.7. The van der Waals surface area contributed by atoms with Crippen LogP contribution in [0.3, 0.4) is 0 Å². The van der Waals surface area contributed by atoms with Gasteiger partial charge in [-0.2, -0.15) is 0 Å². The molecule has 1 aliphatic rings. The van der Waals surface area contributed by atoms with Gasteiger partial charge in [-0.25, -0.2) is 4.79 Å². The van der Waals surface area contributed by atoms with Gasteiger partial charge in [-0.15, -0.1) is 0 Å². The van der Waals surface area contributed by atoms with Crippen LogP contribution in [0, 0.1) is 0 Å². The van der Waals surface area contributed by atoms with Gasteiger partial charge in [0.25, 0.3) is 0 Å². The fourth-order valence-corrected chi connectivity index (χ4v) is 2.25. The third kappa shape index (κ3) is 9.28. The second kappa shape index (κ2) is 10.2. The van der Waals surface area contributed by atoms with E-state index in [0.29, 0.717) is 39.1 Å². The summed E-state index contributed by atoms with van der Waals surface area (Å²) in [5.41, 5.74) is -0.554. The van der Waals surface area contributed by atoms with Crippen molar-refractivity contribution >= 4 is 18.0 Å². The Morgan fingerprint density at radius 2 is 1.96 bits per heavy atom. The summed E-state index contributed by atoms with van der Waals surface area (Å²) in [6, 6.07) is 0.